The van der Waals surface area contributed by atoms with Crippen molar-refractivity contribution in [3.63, 3.8) is 0 Å². The van der Waals surface area contributed by atoms with Gasteiger partial charge < -0.3 is 9.84 Å². The Kier molecular flexibility index (Phi) is 2.64. The average Bonchev–Trinajstić information content (AvgIpc) is 2.28. The summed E-state index contributed by atoms with van der Waals surface area (Å²) in [6.07, 6.45) is -0.300. The number of aryl methyl sites for hydroxylation is 1. The lowest BCUT2D eigenvalue weighted by atomic mass is 9.98. The van der Waals surface area contributed by atoms with E-state index in [0.29, 0.717) is 11.3 Å². The molecule has 4 heteroatoms. The van der Waals surface area contributed by atoms with Crippen LogP contribution in [0, 0.1) is 0 Å². The van der Waals surface area contributed by atoms with E-state index < -0.39 is 12.1 Å². The fourth-order valence-corrected chi connectivity index (χ4v) is 1.73. The molecule has 0 saturated carbocycles. The highest BCUT2D eigenvalue weighted by atomic mass is 16.5. The van der Waals surface area contributed by atoms with Gasteiger partial charge in [-0.2, -0.15) is 0 Å². The van der Waals surface area contributed by atoms with E-state index in [1.165, 1.54) is 0 Å². The van der Waals surface area contributed by atoms with E-state index >= 15 is 0 Å². The molecule has 2 rings (SSSR count). The maximum atomic E-state index is 11.7. The molecule has 1 aliphatic rings. The summed E-state index contributed by atoms with van der Waals surface area (Å²) in [6, 6.07) is 5.28. The molecule has 0 aliphatic carbocycles. The number of carbonyl (C=O) groups is 2. The van der Waals surface area contributed by atoms with Crippen LogP contribution in [-0.2, 0) is 11.2 Å². The summed E-state index contributed by atoms with van der Waals surface area (Å²) in [6.45, 7) is 2.00. The molecule has 0 saturated heterocycles. The Balaban J connectivity index is 2.38. The van der Waals surface area contributed by atoms with Crippen LogP contribution in [0.25, 0.3) is 0 Å². The molecule has 0 fully saturated rings. The van der Waals surface area contributed by atoms with Gasteiger partial charge in [-0.05, 0) is 24.1 Å². The van der Waals surface area contributed by atoms with Gasteiger partial charge in [0.15, 0.2) is 5.78 Å². The summed E-state index contributed by atoms with van der Waals surface area (Å²) < 4.78 is 5.24. The summed E-state index contributed by atoms with van der Waals surface area (Å²) in [5.74, 6) is -0.886. The van der Waals surface area contributed by atoms with Crippen LogP contribution in [0.15, 0.2) is 18.2 Å². The zero-order chi connectivity index (χ0) is 11.7. The van der Waals surface area contributed by atoms with Crippen LogP contribution in [0.3, 0.4) is 0 Å². The number of Topliss-reactive ketones (excluding diaryl/α,β-unsaturated/α-hetero) is 1. The van der Waals surface area contributed by atoms with Crippen LogP contribution < -0.4 is 4.74 Å². The van der Waals surface area contributed by atoms with E-state index in [1.54, 1.807) is 12.1 Å². The summed E-state index contributed by atoms with van der Waals surface area (Å²) in [5.41, 5.74) is 1.54. The first-order valence-electron chi connectivity index (χ1n) is 5.17. The van der Waals surface area contributed by atoms with E-state index in [4.69, 9.17) is 9.84 Å². The van der Waals surface area contributed by atoms with Gasteiger partial charge in [0, 0.05) is 0 Å². The lowest BCUT2D eigenvalue weighted by Crippen LogP contribution is -2.33. The van der Waals surface area contributed by atoms with Crippen LogP contribution in [0.5, 0.6) is 5.75 Å². The van der Waals surface area contributed by atoms with Crippen molar-refractivity contribution in [2.45, 2.75) is 25.9 Å². The highest BCUT2D eigenvalue weighted by Gasteiger charge is 2.31. The predicted molar refractivity (Wildman–Crippen MR) is 56.8 cm³/mol. The molecule has 84 valence electrons. The Bertz CT molecular complexity index is 450. The van der Waals surface area contributed by atoms with Crippen LogP contribution in [0.2, 0.25) is 0 Å². The molecule has 1 unspecified atom stereocenters. The maximum Gasteiger partial charge on any atom is 0.345 e. The van der Waals surface area contributed by atoms with Crippen LogP contribution in [-0.4, -0.2) is 23.0 Å². The molecular weight excluding hydrogens is 208 g/mol. The minimum atomic E-state index is -1.10. The van der Waals surface area contributed by atoms with Crippen molar-refractivity contribution in [3.05, 3.63) is 29.3 Å². The Morgan fingerprint density at radius 2 is 2.31 bits per heavy atom. The number of carboxylic acid groups (broad SMARTS) is 1. The molecule has 1 atom stereocenters. The van der Waals surface area contributed by atoms with Gasteiger partial charge in [-0.15, -0.1) is 0 Å². The number of ketones is 1. The third kappa shape index (κ3) is 1.78. The van der Waals surface area contributed by atoms with Crippen molar-refractivity contribution in [2.75, 3.05) is 0 Å². The number of aliphatic carboxylic acids is 1. The van der Waals surface area contributed by atoms with Crippen molar-refractivity contribution in [1.82, 2.24) is 0 Å². The normalized spacial score (nSPS) is 18.8. The van der Waals surface area contributed by atoms with E-state index in [0.717, 1.165) is 12.0 Å². The zero-order valence-electron chi connectivity index (χ0n) is 8.90. The quantitative estimate of drug-likeness (QED) is 0.823. The number of hydrogen-bond acceptors (Lipinski definition) is 3. The Morgan fingerprint density at radius 1 is 1.56 bits per heavy atom. The molecule has 4 nitrogen and oxygen atoms in total. The van der Waals surface area contributed by atoms with E-state index in [2.05, 4.69) is 0 Å². The number of rotatable bonds is 2. The number of ether oxygens (including phenoxy) is 1. The molecule has 16 heavy (non-hydrogen) atoms. The van der Waals surface area contributed by atoms with Gasteiger partial charge >= 0.3 is 5.97 Å². The molecule has 1 N–H and O–H groups in total. The van der Waals surface area contributed by atoms with Crippen molar-refractivity contribution in [2.24, 2.45) is 0 Å². The first-order valence-corrected chi connectivity index (χ1v) is 5.17. The lowest BCUT2D eigenvalue weighted by Gasteiger charge is -2.22. The molecule has 0 aromatic heterocycles. The predicted octanol–water partition coefficient (Wildman–Crippen LogP) is 1.67. The Hall–Kier alpha value is -1.84. The Labute approximate surface area is 92.8 Å². The summed E-state index contributed by atoms with van der Waals surface area (Å²) >= 11 is 0. The molecule has 0 spiro atoms. The molecule has 1 aromatic carbocycles. The van der Waals surface area contributed by atoms with Gasteiger partial charge in [0.05, 0.1) is 12.0 Å². The highest BCUT2D eigenvalue weighted by Crippen LogP contribution is 2.28. The lowest BCUT2D eigenvalue weighted by molar-refractivity contribution is -0.145. The van der Waals surface area contributed by atoms with Gasteiger partial charge in [0.2, 0.25) is 6.10 Å². The monoisotopic (exact) mass is 220 g/mol. The SMILES string of the molecule is CCc1ccc2c(c1)C(=O)CC(C(=O)O)O2. The van der Waals surface area contributed by atoms with E-state index in [-0.39, 0.29) is 12.2 Å². The van der Waals surface area contributed by atoms with Crippen molar-refractivity contribution in [1.29, 1.82) is 0 Å². The molecular formula is C12H12O4. The second kappa shape index (κ2) is 3.96. The largest absolute Gasteiger partial charge is 0.478 e. The highest BCUT2D eigenvalue weighted by molar-refractivity contribution is 6.02. The topological polar surface area (TPSA) is 63.6 Å². The van der Waals surface area contributed by atoms with Crippen molar-refractivity contribution < 1.29 is 19.4 Å². The number of carbonyl (C=O) groups excluding carboxylic acids is 1. The molecule has 0 radical (unpaired) electrons. The number of hydrogen-bond donors (Lipinski definition) is 1. The number of fused-ring (bicyclic) bond motifs is 1. The Morgan fingerprint density at radius 3 is 2.94 bits per heavy atom. The fourth-order valence-electron chi connectivity index (χ4n) is 1.73. The minimum absolute atomic E-state index is 0.0878. The van der Waals surface area contributed by atoms with Crippen molar-refractivity contribution >= 4 is 11.8 Å². The van der Waals surface area contributed by atoms with E-state index in [1.807, 2.05) is 13.0 Å². The summed E-state index contributed by atoms with van der Waals surface area (Å²) in [4.78, 5) is 22.5. The summed E-state index contributed by atoms with van der Waals surface area (Å²) in [7, 11) is 0. The van der Waals surface area contributed by atoms with Crippen molar-refractivity contribution in [3.8, 4) is 5.75 Å². The van der Waals surface area contributed by atoms with Gasteiger partial charge in [-0.1, -0.05) is 13.0 Å². The number of benzene rings is 1. The molecule has 0 bridgehead atoms. The smallest absolute Gasteiger partial charge is 0.345 e. The van der Waals surface area contributed by atoms with Crippen LogP contribution >= 0.6 is 0 Å². The van der Waals surface area contributed by atoms with Gasteiger partial charge in [-0.3, -0.25) is 4.79 Å². The average molecular weight is 220 g/mol. The standard InChI is InChI=1S/C12H12O4/c1-2-7-3-4-10-8(5-7)9(13)6-11(16-10)12(14)15/h3-5,11H,2,6H2,1H3,(H,14,15). The number of carboxylic acids is 1. The maximum absolute atomic E-state index is 11.7. The fraction of sp³-hybridized carbons (Fsp3) is 0.333. The first kappa shape index (κ1) is 10.7. The van der Waals surface area contributed by atoms with Crippen LogP contribution in [0.1, 0.15) is 29.3 Å². The zero-order valence-corrected chi connectivity index (χ0v) is 8.90. The van der Waals surface area contributed by atoms with Crippen LogP contribution in [0.4, 0.5) is 0 Å². The second-order valence-electron chi connectivity index (χ2n) is 3.76. The van der Waals surface area contributed by atoms with Gasteiger partial charge in [-0.25, -0.2) is 4.79 Å². The molecule has 1 heterocycles. The van der Waals surface area contributed by atoms with Gasteiger partial charge in [0.1, 0.15) is 5.75 Å². The van der Waals surface area contributed by atoms with E-state index in [9.17, 15) is 9.59 Å². The minimum Gasteiger partial charge on any atom is -0.478 e. The first-order chi connectivity index (χ1) is 7.61. The second-order valence-corrected chi connectivity index (χ2v) is 3.76. The molecule has 1 aliphatic heterocycles. The van der Waals surface area contributed by atoms with Gasteiger partial charge in [0.25, 0.3) is 0 Å². The molecule has 0 amide bonds. The summed E-state index contributed by atoms with van der Waals surface area (Å²) in [5, 5.41) is 8.81. The third-order valence-electron chi connectivity index (χ3n) is 2.67. The third-order valence-corrected chi connectivity index (χ3v) is 2.67. The molecule has 1 aromatic rings.